The van der Waals surface area contributed by atoms with Crippen molar-refractivity contribution in [2.24, 2.45) is 0 Å². The Morgan fingerprint density at radius 1 is 0.291 bits per heavy atom. The van der Waals surface area contributed by atoms with Crippen LogP contribution in [0.4, 0.5) is 0 Å². The zero-order valence-corrected chi connectivity index (χ0v) is 30.3. The third kappa shape index (κ3) is 4.52. The fraction of sp³-hybridized carbons (Fsp3) is 0.0545. The molecule has 0 radical (unpaired) electrons. The highest BCUT2D eigenvalue weighted by Crippen LogP contribution is 2.53. The molecular weight excluding hydrogens is 661 g/mol. The number of benzene rings is 9. The van der Waals surface area contributed by atoms with E-state index in [1.807, 2.05) is 0 Å². The van der Waals surface area contributed by atoms with Crippen molar-refractivity contribution in [3.05, 3.63) is 239 Å². The van der Waals surface area contributed by atoms with E-state index in [1.54, 1.807) is 0 Å². The van der Waals surface area contributed by atoms with Gasteiger partial charge < -0.3 is 0 Å². The van der Waals surface area contributed by atoms with Crippen molar-refractivity contribution in [3.8, 4) is 55.6 Å². The molecule has 2 atom stereocenters. The molecule has 0 saturated carbocycles. The van der Waals surface area contributed by atoms with Gasteiger partial charge in [-0.1, -0.05) is 182 Å². The van der Waals surface area contributed by atoms with Crippen LogP contribution in [0.25, 0.3) is 66.4 Å². The molecule has 0 fully saturated rings. The molecule has 0 N–H and O–H groups in total. The lowest BCUT2D eigenvalue weighted by Crippen LogP contribution is -2.02. The minimum Gasteiger partial charge on any atom is -0.0622 e. The minimum atomic E-state index is 0.133. The maximum Gasteiger partial charge on any atom is 0.0358 e. The molecule has 0 amide bonds. The highest BCUT2D eigenvalue weighted by Gasteiger charge is 2.33. The fourth-order valence-electron chi connectivity index (χ4n) is 10.3. The second-order valence-corrected chi connectivity index (χ2v) is 15.5. The average Bonchev–Trinajstić information content (AvgIpc) is 3.91. The lowest BCUT2D eigenvalue weighted by Gasteiger charge is -2.20. The summed E-state index contributed by atoms with van der Waals surface area (Å²) in [6.45, 7) is 0. The second kappa shape index (κ2) is 11.9. The first kappa shape index (κ1) is 30.7. The molecule has 0 aliphatic heterocycles. The normalized spacial score (nSPS) is 15.6. The van der Waals surface area contributed by atoms with Gasteiger partial charge in [0.25, 0.3) is 0 Å². The van der Waals surface area contributed by atoms with Gasteiger partial charge in [-0.25, -0.2) is 0 Å². The van der Waals surface area contributed by atoms with E-state index < -0.39 is 0 Å². The maximum atomic E-state index is 2.49. The van der Waals surface area contributed by atoms with Crippen molar-refractivity contribution in [2.45, 2.75) is 18.3 Å². The predicted octanol–water partition coefficient (Wildman–Crippen LogP) is 14.1. The topological polar surface area (TPSA) is 0 Å². The molecule has 3 aliphatic carbocycles. The smallest absolute Gasteiger partial charge is 0.0358 e. The molecule has 0 heteroatoms. The summed E-state index contributed by atoms with van der Waals surface area (Å²) in [6.07, 6.45) is 0.977. The van der Waals surface area contributed by atoms with Crippen molar-refractivity contribution >= 4 is 10.8 Å². The zero-order valence-electron chi connectivity index (χ0n) is 30.3. The van der Waals surface area contributed by atoms with Gasteiger partial charge in [0.15, 0.2) is 0 Å². The van der Waals surface area contributed by atoms with Gasteiger partial charge in [-0.15, -0.1) is 0 Å². The first-order chi connectivity index (χ1) is 27.3. The van der Waals surface area contributed by atoms with E-state index in [4.69, 9.17) is 0 Å². The Labute approximate surface area is 322 Å². The molecule has 0 aromatic heterocycles. The summed E-state index contributed by atoms with van der Waals surface area (Å²) in [7, 11) is 0. The molecule has 0 bridgehead atoms. The quantitative estimate of drug-likeness (QED) is 0.172. The Kier molecular flexibility index (Phi) is 6.62. The largest absolute Gasteiger partial charge is 0.0622 e. The van der Waals surface area contributed by atoms with E-state index in [0.717, 1.165) is 6.42 Å². The third-order valence-corrected chi connectivity index (χ3v) is 12.7. The molecule has 9 aromatic carbocycles. The van der Waals surface area contributed by atoms with Gasteiger partial charge in [0.2, 0.25) is 0 Å². The van der Waals surface area contributed by atoms with E-state index in [0.29, 0.717) is 0 Å². The molecule has 0 nitrogen and oxygen atoms in total. The summed E-state index contributed by atoms with van der Waals surface area (Å²) in [5.74, 6) is 0.386. The Balaban J connectivity index is 1.000. The van der Waals surface area contributed by atoms with Gasteiger partial charge in [0.1, 0.15) is 0 Å². The van der Waals surface area contributed by atoms with Crippen LogP contribution in [-0.4, -0.2) is 0 Å². The highest BCUT2D eigenvalue weighted by atomic mass is 14.4. The monoisotopic (exact) mass is 696 g/mol. The Hall–Kier alpha value is -6.76. The highest BCUT2D eigenvalue weighted by molar-refractivity contribution is 6.02. The standard InChI is InChI=1S/C55H36/c1-2-13-34(14-3-1)54-47-21-10-9-20-44(47)52-31-35(26-28-50(52)54)36-25-27-46-42-19-8-11-22-48(42)55(53(46)32-36)49-30-29-45(40-17-6-7-18-41(40)49)43-24-12-23-39-38-16-5-4-15-37(38)33-51(39)43/h1-32,54-55H,33H2. The van der Waals surface area contributed by atoms with Crippen LogP contribution >= 0.6 is 0 Å². The van der Waals surface area contributed by atoms with Gasteiger partial charge in [-0.3, -0.25) is 0 Å². The molecule has 2 unspecified atom stereocenters. The first-order valence-corrected chi connectivity index (χ1v) is 19.5. The van der Waals surface area contributed by atoms with Crippen molar-refractivity contribution in [1.82, 2.24) is 0 Å². The van der Waals surface area contributed by atoms with Gasteiger partial charge >= 0.3 is 0 Å². The summed E-state index contributed by atoms with van der Waals surface area (Å²) >= 11 is 0. The summed E-state index contributed by atoms with van der Waals surface area (Å²) in [5, 5.41) is 2.64. The van der Waals surface area contributed by atoms with Crippen LogP contribution in [-0.2, 0) is 6.42 Å². The molecule has 3 aliphatic rings. The molecule has 55 heavy (non-hydrogen) atoms. The summed E-state index contributed by atoms with van der Waals surface area (Å²) in [5.41, 5.74) is 24.4. The van der Waals surface area contributed by atoms with Gasteiger partial charge in [0.05, 0.1) is 0 Å². The van der Waals surface area contributed by atoms with E-state index in [1.165, 1.54) is 111 Å². The summed E-state index contributed by atoms with van der Waals surface area (Å²) < 4.78 is 0. The molecule has 9 aromatic rings. The lowest BCUT2D eigenvalue weighted by molar-refractivity contribution is 1.01. The van der Waals surface area contributed by atoms with Crippen molar-refractivity contribution in [3.63, 3.8) is 0 Å². The molecule has 0 heterocycles. The van der Waals surface area contributed by atoms with Gasteiger partial charge in [0, 0.05) is 11.8 Å². The van der Waals surface area contributed by atoms with Crippen LogP contribution in [0.5, 0.6) is 0 Å². The number of hydrogen-bond acceptors (Lipinski definition) is 0. The Morgan fingerprint density at radius 2 is 0.836 bits per heavy atom. The van der Waals surface area contributed by atoms with Crippen LogP contribution in [0.1, 0.15) is 56.3 Å². The van der Waals surface area contributed by atoms with Crippen molar-refractivity contribution in [2.75, 3.05) is 0 Å². The number of hydrogen-bond donors (Lipinski definition) is 0. The van der Waals surface area contributed by atoms with E-state index in [2.05, 4.69) is 194 Å². The Morgan fingerprint density at radius 3 is 1.67 bits per heavy atom. The second-order valence-electron chi connectivity index (χ2n) is 15.5. The fourth-order valence-corrected chi connectivity index (χ4v) is 10.3. The maximum absolute atomic E-state index is 2.49. The van der Waals surface area contributed by atoms with Crippen LogP contribution < -0.4 is 0 Å². The minimum absolute atomic E-state index is 0.133. The molecular formula is C55H36. The predicted molar refractivity (Wildman–Crippen MR) is 229 cm³/mol. The van der Waals surface area contributed by atoms with Gasteiger partial charge in [-0.2, -0.15) is 0 Å². The summed E-state index contributed by atoms with van der Waals surface area (Å²) in [6, 6.07) is 73.1. The third-order valence-electron chi connectivity index (χ3n) is 12.7. The van der Waals surface area contributed by atoms with Crippen molar-refractivity contribution < 1.29 is 0 Å². The van der Waals surface area contributed by atoms with Crippen LogP contribution in [0, 0.1) is 0 Å². The van der Waals surface area contributed by atoms with E-state index in [9.17, 15) is 0 Å². The molecule has 12 rings (SSSR count). The molecule has 0 saturated heterocycles. The number of fused-ring (bicyclic) bond motifs is 10. The lowest BCUT2D eigenvalue weighted by atomic mass is 9.83. The van der Waals surface area contributed by atoms with Crippen molar-refractivity contribution in [1.29, 1.82) is 0 Å². The van der Waals surface area contributed by atoms with E-state index in [-0.39, 0.29) is 11.8 Å². The van der Waals surface area contributed by atoms with Crippen LogP contribution in [0.15, 0.2) is 194 Å². The van der Waals surface area contributed by atoms with Crippen LogP contribution in [0.2, 0.25) is 0 Å². The van der Waals surface area contributed by atoms with Gasteiger partial charge in [-0.05, 0) is 129 Å². The molecule has 256 valence electrons. The zero-order chi connectivity index (χ0) is 36.0. The number of rotatable bonds is 4. The van der Waals surface area contributed by atoms with Crippen LogP contribution in [0.3, 0.4) is 0 Å². The van der Waals surface area contributed by atoms with E-state index >= 15 is 0 Å². The Bertz CT molecular complexity index is 3020. The summed E-state index contributed by atoms with van der Waals surface area (Å²) in [4.78, 5) is 0. The SMILES string of the molecule is c1ccc(C2c3ccccc3-c3cc(-c4ccc5c(c4)C(c4ccc(-c6cccc7c6Cc6ccccc6-7)c6ccccc46)c4ccccc4-5)ccc32)cc1. The average molecular weight is 697 g/mol. The molecule has 0 spiro atoms. The first-order valence-electron chi connectivity index (χ1n) is 19.5.